The topological polar surface area (TPSA) is 96.0 Å². The van der Waals surface area contributed by atoms with Gasteiger partial charge in [-0.2, -0.15) is 0 Å². The maximum absolute atomic E-state index is 12.0. The van der Waals surface area contributed by atoms with Gasteiger partial charge in [0.15, 0.2) is 5.82 Å². The predicted molar refractivity (Wildman–Crippen MR) is 93.1 cm³/mol. The van der Waals surface area contributed by atoms with E-state index in [-0.39, 0.29) is 5.91 Å². The van der Waals surface area contributed by atoms with Crippen molar-refractivity contribution in [1.82, 2.24) is 15.3 Å². The fourth-order valence-electron chi connectivity index (χ4n) is 2.12. The van der Waals surface area contributed by atoms with Gasteiger partial charge >= 0.3 is 6.03 Å². The molecule has 0 aliphatic rings. The molecule has 24 heavy (non-hydrogen) atoms. The average Bonchev–Trinajstić information content (AvgIpc) is 2.60. The van der Waals surface area contributed by atoms with Gasteiger partial charge in [-0.05, 0) is 36.6 Å². The summed E-state index contributed by atoms with van der Waals surface area (Å²) in [6.07, 6.45) is 6.06. The summed E-state index contributed by atoms with van der Waals surface area (Å²) >= 11 is 0. The Morgan fingerprint density at radius 3 is 2.62 bits per heavy atom. The molecule has 126 valence electrons. The molecular formula is C17H21N5O2. The number of nitrogens with one attached hydrogen (secondary N) is 3. The molecule has 1 aromatic heterocycles. The molecule has 0 atom stereocenters. The molecule has 0 bridgehead atoms. The van der Waals surface area contributed by atoms with Crippen molar-refractivity contribution in [1.29, 1.82) is 0 Å². The van der Waals surface area contributed by atoms with Gasteiger partial charge < -0.3 is 10.6 Å². The van der Waals surface area contributed by atoms with Crippen LogP contribution in [0.4, 0.5) is 16.3 Å². The number of hydrogen-bond donors (Lipinski definition) is 3. The van der Waals surface area contributed by atoms with Crippen molar-refractivity contribution in [3.63, 3.8) is 0 Å². The molecule has 7 heteroatoms. The maximum atomic E-state index is 12.0. The van der Waals surface area contributed by atoms with Gasteiger partial charge in [-0.1, -0.05) is 13.8 Å². The number of rotatable bonds is 6. The molecule has 3 amide bonds. The summed E-state index contributed by atoms with van der Waals surface area (Å²) < 4.78 is 0. The lowest BCUT2D eigenvalue weighted by atomic mass is 10.1. The Balaban J connectivity index is 2.07. The normalized spacial score (nSPS) is 10.1. The highest BCUT2D eigenvalue weighted by molar-refractivity contribution is 6.00. The number of benzene rings is 1. The first-order chi connectivity index (χ1) is 11.6. The smallest absolute Gasteiger partial charge is 0.324 e. The summed E-state index contributed by atoms with van der Waals surface area (Å²) in [6.45, 7) is 4.61. The van der Waals surface area contributed by atoms with Crippen LogP contribution in [0.15, 0.2) is 36.8 Å². The van der Waals surface area contributed by atoms with Crippen LogP contribution < -0.4 is 16.0 Å². The lowest BCUT2D eigenvalue weighted by Crippen LogP contribution is -2.24. The number of carbonyl (C=O) groups is 2. The second-order valence-corrected chi connectivity index (χ2v) is 5.15. The highest BCUT2D eigenvalue weighted by atomic mass is 16.2. The minimum Gasteiger partial charge on any atom is -0.352 e. The predicted octanol–water partition coefficient (Wildman–Crippen LogP) is 2.82. The van der Waals surface area contributed by atoms with Crippen LogP contribution in [0.2, 0.25) is 0 Å². The zero-order chi connectivity index (χ0) is 17.4. The monoisotopic (exact) mass is 327 g/mol. The molecule has 0 aliphatic heterocycles. The van der Waals surface area contributed by atoms with Crippen LogP contribution in [0.1, 0.15) is 36.2 Å². The van der Waals surface area contributed by atoms with E-state index >= 15 is 0 Å². The Labute approximate surface area is 140 Å². The van der Waals surface area contributed by atoms with Crippen LogP contribution in [0.5, 0.6) is 0 Å². The quantitative estimate of drug-likeness (QED) is 0.760. The van der Waals surface area contributed by atoms with Crippen LogP contribution in [-0.4, -0.2) is 28.5 Å². The van der Waals surface area contributed by atoms with Gasteiger partial charge in [0.25, 0.3) is 5.91 Å². The summed E-state index contributed by atoms with van der Waals surface area (Å²) in [4.78, 5) is 31.9. The SMILES string of the molecule is CCCNC(=O)c1ccc(NC(=O)Nc2cnccn2)c(CC)c1. The number of nitrogens with zero attached hydrogens (tertiary/aromatic N) is 2. The first-order valence-corrected chi connectivity index (χ1v) is 7.89. The first-order valence-electron chi connectivity index (χ1n) is 7.89. The van der Waals surface area contributed by atoms with E-state index in [1.54, 1.807) is 18.2 Å². The molecule has 1 aromatic carbocycles. The minimum atomic E-state index is -0.409. The van der Waals surface area contributed by atoms with E-state index in [1.807, 2.05) is 13.8 Å². The maximum Gasteiger partial charge on any atom is 0.324 e. The largest absolute Gasteiger partial charge is 0.352 e. The standard InChI is InChI=1S/C17H21N5O2/c1-3-7-20-16(23)13-5-6-14(12(4-2)10-13)21-17(24)22-15-11-18-8-9-19-15/h5-6,8-11H,3-4,7H2,1-2H3,(H,20,23)(H2,19,21,22,24). The van der Waals surface area contributed by atoms with E-state index in [9.17, 15) is 9.59 Å². The van der Waals surface area contributed by atoms with Crippen molar-refractivity contribution in [2.24, 2.45) is 0 Å². The molecule has 0 spiro atoms. The second kappa shape index (κ2) is 8.61. The molecule has 0 saturated carbocycles. The summed E-state index contributed by atoms with van der Waals surface area (Å²) in [5.41, 5.74) is 2.12. The van der Waals surface area contributed by atoms with E-state index in [0.29, 0.717) is 30.0 Å². The number of amides is 3. The second-order valence-electron chi connectivity index (χ2n) is 5.15. The molecule has 0 aliphatic carbocycles. The van der Waals surface area contributed by atoms with Gasteiger partial charge in [0.2, 0.25) is 0 Å². The van der Waals surface area contributed by atoms with Crippen molar-refractivity contribution in [2.75, 3.05) is 17.2 Å². The first kappa shape index (κ1) is 17.4. The minimum absolute atomic E-state index is 0.109. The molecule has 2 rings (SSSR count). The van der Waals surface area contributed by atoms with Crippen LogP contribution >= 0.6 is 0 Å². The Hall–Kier alpha value is -2.96. The molecule has 0 unspecified atom stereocenters. The van der Waals surface area contributed by atoms with Crippen LogP contribution in [0.25, 0.3) is 0 Å². The molecular weight excluding hydrogens is 306 g/mol. The fourth-order valence-corrected chi connectivity index (χ4v) is 2.12. The molecule has 0 fully saturated rings. The van der Waals surface area contributed by atoms with Crippen molar-refractivity contribution >= 4 is 23.4 Å². The Morgan fingerprint density at radius 2 is 1.96 bits per heavy atom. The van der Waals surface area contributed by atoms with Gasteiger partial charge in [-0.3, -0.25) is 15.1 Å². The Bertz CT molecular complexity index is 703. The van der Waals surface area contributed by atoms with Crippen LogP contribution in [0, 0.1) is 0 Å². The Morgan fingerprint density at radius 1 is 1.12 bits per heavy atom. The van der Waals surface area contributed by atoms with Gasteiger partial charge in [-0.25, -0.2) is 9.78 Å². The van der Waals surface area contributed by atoms with E-state index in [1.165, 1.54) is 18.6 Å². The van der Waals surface area contributed by atoms with Crippen molar-refractivity contribution in [3.8, 4) is 0 Å². The lowest BCUT2D eigenvalue weighted by Gasteiger charge is -2.12. The highest BCUT2D eigenvalue weighted by Gasteiger charge is 2.11. The summed E-state index contributed by atoms with van der Waals surface area (Å²) in [6, 6.07) is 4.81. The van der Waals surface area contributed by atoms with Gasteiger partial charge in [0.1, 0.15) is 0 Å². The third kappa shape index (κ3) is 4.77. The summed E-state index contributed by atoms with van der Waals surface area (Å²) in [5, 5.41) is 8.21. The third-order valence-electron chi connectivity index (χ3n) is 3.34. The molecule has 1 heterocycles. The van der Waals surface area contributed by atoms with Gasteiger partial charge in [0, 0.05) is 30.2 Å². The van der Waals surface area contributed by atoms with Crippen molar-refractivity contribution in [3.05, 3.63) is 47.9 Å². The highest BCUT2D eigenvalue weighted by Crippen LogP contribution is 2.19. The number of aryl methyl sites for hydroxylation is 1. The lowest BCUT2D eigenvalue weighted by molar-refractivity contribution is 0.0953. The van der Waals surface area contributed by atoms with Crippen LogP contribution in [0.3, 0.4) is 0 Å². The number of hydrogen-bond acceptors (Lipinski definition) is 4. The van der Waals surface area contributed by atoms with Crippen LogP contribution in [-0.2, 0) is 6.42 Å². The molecule has 3 N–H and O–H groups in total. The molecule has 2 aromatic rings. The number of anilines is 2. The summed E-state index contributed by atoms with van der Waals surface area (Å²) in [7, 11) is 0. The van der Waals surface area contributed by atoms with E-state index < -0.39 is 6.03 Å². The van der Waals surface area contributed by atoms with Crippen molar-refractivity contribution in [2.45, 2.75) is 26.7 Å². The number of aromatic nitrogens is 2. The van der Waals surface area contributed by atoms with Crippen molar-refractivity contribution < 1.29 is 9.59 Å². The average molecular weight is 327 g/mol. The zero-order valence-electron chi connectivity index (χ0n) is 13.8. The number of urea groups is 1. The molecule has 0 saturated heterocycles. The Kier molecular flexibility index (Phi) is 6.24. The molecule has 7 nitrogen and oxygen atoms in total. The van der Waals surface area contributed by atoms with E-state index in [0.717, 1.165) is 12.0 Å². The fraction of sp³-hybridized carbons (Fsp3) is 0.294. The van der Waals surface area contributed by atoms with Gasteiger partial charge in [0.05, 0.1) is 6.20 Å². The summed E-state index contributed by atoms with van der Waals surface area (Å²) in [5.74, 6) is 0.255. The van der Waals surface area contributed by atoms with Gasteiger partial charge in [-0.15, -0.1) is 0 Å². The third-order valence-corrected chi connectivity index (χ3v) is 3.34. The zero-order valence-corrected chi connectivity index (χ0v) is 13.8. The van der Waals surface area contributed by atoms with E-state index in [2.05, 4.69) is 25.9 Å². The molecule has 0 radical (unpaired) electrons. The number of carbonyl (C=O) groups excluding carboxylic acids is 2. The van der Waals surface area contributed by atoms with E-state index in [4.69, 9.17) is 0 Å².